The summed E-state index contributed by atoms with van der Waals surface area (Å²) in [5.41, 5.74) is 0. The molecule has 6 saturated carbocycles. The summed E-state index contributed by atoms with van der Waals surface area (Å²) in [5.74, 6) is 6.62. The van der Waals surface area contributed by atoms with E-state index in [0.29, 0.717) is 53.0 Å². The molecule has 6 rings (SSSR count). The first-order valence-corrected chi connectivity index (χ1v) is 6.86. The number of fused-ring (bicyclic) bond motifs is 3. The van der Waals surface area contributed by atoms with Crippen LogP contribution in [0.1, 0.15) is 12.8 Å². The van der Waals surface area contributed by atoms with Crippen LogP contribution in [0, 0.1) is 59.2 Å². The Labute approximate surface area is 93.8 Å². The van der Waals surface area contributed by atoms with Crippen molar-refractivity contribution in [2.24, 2.45) is 59.2 Å². The molecule has 16 heavy (non-hydrogen) atoms. The molecule has 0 N–H and O–H groups in total. The molecule has 0 aromatic rings. The van der Waals surface area contributed by atoms with E-state index in [4.69, 9.17) is 0 Å². The third-order valence-corrected chi connectivity index (χ3v) is 7.44. The van der Waals surface area contributed by atoms with Gasteiger partial charge in [-0.25, -0.2) is 0 Å². The molecule has 6 fully saturated rings. The lowest BCUT2D eigenvalue weighted by Crippen LogP contribution is -2.36. The number of carbonyl (C=O) groups excluding carboxylic acids is 2. The van der Waals surface area contributed by atoms with Gasteiger partial charge in [-0.3, -0.25) is 9.59 Å². The van der Waals surface area contributed by atoms with Crippen LogP contribution >= 0.6 is 0 Å². The van der Waals surface area contributed by atoms with Crippen LogP contribution in [0.25, 0.3) is 0 Å². The lowest BCUT2D eigenvalue weighted by atomic mass is 9.72. The van der Waals surface area contributed by atoms with Crippen molar-refractivity contribution in [1.29, 1.82) is 0 Å². The number of carbonyl (C=O) groups is 2. The lowest BCUT2D eigenvalue weighted by Gasteiger charge is -2.30. The minimum absolute atomic E-state index is 0.325. The molecule has 0 amide bonds. The minimum Gasteiger partial charge on any atom is -0.299 e. The second-order valence-corrected chi connectivity index (χ2v) is 7.18. The van der Waals surface area contributed by atoms with Crippen LogP contribution in [-0.4, -0.2) is 11.6 Å². The highest BCUT2D eigenvalue weighted by Crippen LogP contribution is 2.81. The molecule has 2 bridgehead atoms. The first-order valence-electron chi connectivity index (χ1n) is 6.86. The molecule has 0 saturated heterocycles. The Morgan fingerprint density at radius 3 is 1.81 bits per heavy atom. The molecule has 2 unspecified atom stereocenters. The maximum absolute atomic E-state index is 12.4. The van der Waals surface area contributed by atoms with Crippen LogP contribution < -0.4 is 0 Å². The Morgan fingerprint density at radius 2 is 1.25 bits per heavy atom. The van der Waals surface area contributed by atoms with Crippen LogP contribution in [0.3, 0.4) is 0 Å². The van der Waals surface area contributed by atoms with E-state index in [1.165, 1.54) is 6.42 Å². The van der Waals surface area contributed by atoms with Crippen molar-refractivity contribution >= 4 is 11.6 Å². The lowest BCUT2D eigenvalue weighted by molar-refractivity contribution is -0.133. The van der Waals surface area contributed by atoms with E-state index < -0.39 is 0 Å². The van der Waals surface area contributed by atoms with Gasteiger partial charge in [-0.15, -0.1) is 0 Å². The molecule has 0 heterocycles. The van der Waals surface area contributed by atoms with Crippen molar-refractivity contribution in [2.75, 3.05) is 0 Å². The van der Waals surface area contributed by atoms with Crippen molar-refractivity contribution in [3.63, 3.8) is 0 Å². The summed E-state index contributed by atoms with van der Waals surface area (Å²) in [6.07, 6.45) is 2.18. The summed E-state index contributed by atoms with van der Waals surface area (Å²) in [6, 6.07) is 0. The summed E-state index contributed by atoms with van der Waals surface area (Å²) in [5, 5.41) is 0. The van der Waals surface area contributed by atoms with Gasteiger partial charge < -0.3 is 0 Å². The van der Waals surface area contributed by atoms with Crippen molar-refractivity contribution in [2.45, 2.75) is 12.8 Å². The largest absolute Gasteiger partial charge is 0.299 e. The molecule has 0 aromatic heterocycles. The topological polar surface area (TPSA) is 34.1 Å². The second kappa shape index (κ2) is 1.83. The average molecular weight is 214 g/mol. The standard InChI is InChI=1S/C14H14O2/c15-13-5-2-6-10-8-3-1-4(12(8)14(6)16)11(13)7(3)9(5)10/h3-12H,1-2H2/t3?,4?,5-,6-,7-,8+,9+,10-,11-,12+/m1/s1. The van der Waals surface area contributed by atoms with Gasteiger partial charge in [-0.05, 0) is 48.3 Å². The number of ketones is 2. The number of hydrogen-bond donors (Lipinski definition) is 0. The number of rotatable bonds is 0. The van der Waals surface area contributed by atoms with Gasteiger partial charge in [0.15, 0.2) is 0 Å². The fourth-order valence-corrected chi connectivity index (χ4v) is 7.64. The Bertz CT molecular complexity index is 441. The van der Waals surface area contributed by atoms with Crippen molar-refractivity contribution in [1.82, 2.24) is 0 Å². The van der Waals surface area contributed by atoms with Gasteiger partial charge in [0.05, 0.1) is 0 Å². The molecule has 0 radical (unpaired) electrons. The maximum atomic E-state index is 12.4. The van der Waals surface area contributed by atoms with Crippen LogP contribution in [0.4, 0.5) is 0 Å². The summed E-state index contributed by atoms with van der Waals surface area (Å²) in [7, 11) is 0. The van der Waals surface area contributed by atoms with E-state index in [1.54, 1.807) is 0 Å². The van der Waals surface area contributed by atoms with E-state index in [-0.39, 0.29) is 0 Å². The fourth-order valence-electron chi connectivity index (χ4n) is 7.64. The smallest absolute Gasteiger partial charge is 0.139 e. The molecule has 6 aliphatic carbocycles. The third-order valence-electron chi connectivity index (χ3n) is 7.44. The van der Waals surface area contributed by atoms with E-state index >= 15 is 0 Å². The van der Waals surface area contributed by atoms with Crippen molar-refractivity contribution in [3.8, 4) is 0 Å². The molecule has 0 aromatic carbocycles. The number of Topliss-reactive ketones (excluding diaryl/α,β-unsaturated/α-hetero) is 2. The predicted octanol–water partition coefficient (Wildman–Crippen LogP) is 1.15. The van der Waals surface area contributed by atoms with Crippen LogP contribution in [0.15, 0.2) is 0 Å². The van der Waals surface area contributed by atoms with E-state index in [1.807, 2.05) is 0 Å². The van der Waals surface area contributed by atoms with E-state index in [9.17, 15) is 9.59 Å². The van der Waals surface area contributed by atoms with Crippen molar-refractivity contribution in [3.05, 3.63) is 0 Å². The zero-order chi connectivity index (χ0) is 10.3. The normalized spacial score (nSPS) is 75.2. The average Bonchev–Trinajstić information content (AvgIpc) is 2.92. The first kappa shape index (κ1) is 7.62. The fraction of sp³-hybridized carbons (Fsp3) is 0.857. The number of hydrogen-bond acceptors (Lipinski definition) is 2. The Kier molecular flexibility index (Phi) is 0.872. The SMILES string of the molecule is O=C1[C@@H]2C3CC4[C@@H]2[C@H]2[C@H]5[C@H]4[C@H]3C(=O)[C@@H]5C[C@@H]12. The summed E-state index contributed by atoms with van der Waals surface area (Å²) in [6.45, 7) is 0. The second-order valence-electron chi connectivity index (χ2n) is 7.18. The molecule has 82 valence electrons. The monoisotopic (exact) mass is 214 g/mol. The highest BCUT2D eigenvalue weighted by molar-refractivity contribution is 5.97. The molecule has 0 aliphatic heterocycles. The molecule has 0 spiro atoms. The van der Waals surface area contributed by atoms with E-state index in [2.05, 4.69) is 0 Å². The summed E-state index contributed by atoms with van der Waals surface area (Å²) >= 11 is 0. The predicted molar refractivity (Wildman–Crippen MR) is 54.1 cm³/mol. The van der Waals surface area contributed by atoms with Gasteiger partial charge in [-0.1, -0.05) is 0 Å². The van der Waals surface area contributed by atoms with Gasteiger partial charge in [-0.2, -0.15) is 0 Å². The molecule has 6 aliphatic rings. The Morgan fingerprint density at radius 1 is 0.688 bits per heavy atom. The highest BCUT2D eigenvalue weighted by Gasteiger charge is 2.82. The first-order chi connectivity index (χ1) is 7.79. The molecule has 10 atom stereocenters. The molecular formula is C14H14O2. The Hall–Kier alpha value is -0.660. The van der Waals surface area contributed by atoms with Gasteiger partial charge in [0.25, 0.3) is 0 Å². The molecule has 2 nitrogen and oxygen atoms in total. The van der Waals surface area contributed by atoms with Crippen LogP contribution in [0.5, 0.6) is 0 Å². The summed E-state index contributed by atoms with van der Waals surface area (Å²) in [4.78, 5) is 24.9. The van der Waals surface area contributed by atoms with Gasteiger partial charge in [0.1, 0.15) is 11.6 Å². The molecule has 2 heteroatoms. The highest BCUT2D eigenvalue weighted by atomic mass is 16.1. The Balaban J connectivity index is 1.75. The van der Waals surface area contributed by atoms with Crippen LogP contribution in [0.2, 0.25) is 0 Å². The maximum Gasteiger partial charge on any atom is 0.139 e. The zero-order valence-electron chi connectivity index (χ0n) is 9.00. The molecular weight excluding hydrogens is 200 g/mol. The van der Waals surface area contributed by atoms with Gasteiger partial charge >= 0.3 is 0 Å². The quantitative estimate of drug-likeness (QED) is 0.606. The van der Waals surface area contributed by atoms with Gasteiger partial charge in [0, 0.05) is 23.7 Å². The zero-order valence-corrected chi connectivity index (χ0v) is 9.00. The van der Waals surface area contributed by atoms with E-state index in [0.717, 1.165) is 24.2 Å². The van der Waals surface area contributed by atoms with Crippen LogP contribution in [-0.2, 0) is 9.59 Å². The van der Waals surface area contributed by atoms with Gasteiger partial charge in [0.2, 0.25) is 0 Å². The third kappa shape index (κ3) is 0.448. The van der Waals surface area contributed by atoms with Crippen molar-refractivity contribution < 1.29 is 9.59 Å². The minimum atomic E-state index is 0.325. The summed E-state index contributed by atoms with van der Waals surface area (Å²) < 4.78 is 0.